The van der Waals surface area contributed by atoms with E-state index in [2.05, 4.69) is 13.8 Å². The van der Waals surface area contributed by atoms with E-state index in [-0.39, 0.29) is 47.2 Å². The van der Waals surface area contributed by atoms with Crippen LogP contribution in [0.1, 0.15) is 221 Å². The number of benzene rings is 3. The summed E-state index contributed by atoms with van der Waals surface area (Å²) in [6, 6.07) is 12.6. The van der Waals surface area contributed by atoms with Gasteiger partial charge in [-0.2, -0.15) is 0 Å². The van der Waals surface area contributed by atoms with Gasteiger partial charge in [-0.25, -0.2) is 4.79 Å². The molecule has 1 spiro atoms. The second-order valence-electron chi connectivity index (χ2n) is 17.3. The fraction of sp³-hybridized carbons (Fsp3) is 0.596. The van der Waals surface area contributed by atoms with Crippen LogP contribution in [0.4, 0.5) is 0 Å². The minimum atomic E-state index is -1.71. The second kappa shape index (κ2) is 25.4. The zero-order valence-corrected chi connectivity index (χ0v) is 37.2. The van der Waals surface area contributed by atoms with Gasteiger partial charge in [0.15, 0.2) is 17.1 Å². The Morgan fingerprint density at radius 1 is 0.541 bits per heavy atom. The van der Waals surface area contributed by atoms with E-state index in [4.69, 9.17) is 18.9 Å². The molecule has 1 atom stereocenters. The summed E-state index contributed by atoms with van der Waals surface area (Å²) in [4.78, 5) is 40.8. The van der Waals surface area contributed by atoms with Crippen LogP contribution in [0.2, 0.25) is 0 Å². The molecule has 2 aliphatic heterocycles. The van der Waals surface area contributed by atoms with Gasteiger partial charge in [-0.3, -0.25) is 9.59 Å². The molecule has 3 aromatic rings. The molecule has 0 fully saturated rings. The SMILES string of the molecule is CCCCCCCCCCCCCCCC(=O)Oc1c(O)cc2c(c1OC(=O)CCCCCCCCCCCCCCC)C1(OC(=O)c3ccccc31)c1ccc(O)cc1O2. The van der Waals surface area contributed by atoms with Gasteiger partial charge in [0.05, 0.1) is 11.1 Å². The lowest BCUT2D eigenvalue weighted by atomic mass is 9.77. The highest BCUT2D eigenvalue weighted by molar-refractivity contribution is 5.97. The fourth-order valence-corrected chi connectivity index (χ4v) is 8.86. The van der Waals surface area contributed by atoms with Crippen LogP contribution in [-0.2, 0) is 19.9 Å². The van der Waals surface area contributed by atoms with E-state index < -0.39 is 29.3 Å². The highest BCUT2D eigenvalue weighted by atomic mass is 16.6. The molecule has 2 heterocycles. The van der Waals surface area contributed by atoms with Gasteiger partial charge in [0.1, 0.15) is 17.2 Å². The maximum Gasteiger partial charge on any atom is 0.340 e. The Bertz CT molecular complexity index is 1850. The smallest absolute Gasteiger partial charge is 0.340 e. The molecule has 2 N–H and O–H groups in total. The minimum Gasteiger partial charge on any atom is -0.508 e. The zero-order chi connectivity index (χ0) is 43.3. The van der Waals surface area contributed by atoms with Crippen LogP contribution in [0.25, 0.3) is 0 Å². The largest absolute Gasteiger partial charge is 0.508 e. The van der Waals surface area contributed by atoms with Crippen molar-refractivity contribution in [3.63, 3.8) is 0 Å². The zero-order valence-electron chi connectivity index (χ0n) is 37.2. The molecule has 334 valence electrons. The molecule has 2 aliphatic rings. The van der Waals surface area contributed by atoms with Gasteiger partial charge < -0.3 is 29.2 Å². The lowest BCUT2D eigenvalue weighted by Gasteiger charge is -2.37. The predicted octanol–water partition coefficient (Wildman–Crippen LogP) is 14.4. The number of aromatic hydroxyl groups is 2. The fourth-order valence-electron chi connectivity index (χ4n) is 8.86. The number of hydrogen-bond donors (Lipinski definition) is 2. The Morgan fingerprint density at radius 2 is 1.00 bits per heavy atom. The highest BCUT2D eigenvalue weighted by Crippen LogP contribution is 2.62. The summed E-state index contributed by atoms with van der Waals surface area (Å²) in [5.74, 6) is -2.67. The van der Waals surface area contributed by atoms with Gasteiger partial charge in [-0.1, -0.05) is 186 Å². The highest BCUT2D eigenvalue weighted by Gasteiger charge is 2.56. The first-order valence-corrected chi connectivity index (χ1v) is 24.0. The van der Waals surface area contributed by atoms with Crippen molar-refractivity contribution in [1.82, 2.24) is 0 Å². The number of carbonyl (C=O) groups is 3. The van der Waals surface area contributed by atoms with Crippen molar-refractivity contribution in [3.8, 4) is 34.5 Å². The first kappa shape index (κ1) is 47.5. The van der Waals surface area contributed by atoms with E-state index in [0.29, 0.717) is 29.5 Å². The molecular weight excluding hydrogens is 769 g/mol. The van der Waals surface area contributed by atoms with Crippen molar-refractivity contribution in [2.45, 2.75) is 199 Å². The maximum absolute atomic E-state index is 13.7. The third-order valence-electron chi connectivity index (χ3n) is 12.3. The maximum atomic E-state index is 13.7. The molecule has 0 bridgehead atoms. The van der Waals surface area contributed by atoms with Crippen LogP contribution >= 0.6 is 0 Å². The molecular formula is C52H72O9. The van der Waals surface area contributed by atoms with Crippen LogP contribution in [0.15, 0.2) is 48.5 Å². The van der Waals surface area contributed by atoms with Gasteiger partial charge in [0.25, 0.3) is 0 Å². The Kier molecular flexibility index (Phi) is 19.8. The van der Waals surface area contributed by atoms with Crippen molar-refractivity contribution in [2.75, 3.05) is 0 Å². The molecule has 9 nitrogen and oxygen atoms in total. The second-order valence-corrected chi connectivity index (χ2v) is 17.3. The lowest BCUT2D eigenvalue weighted by molar-refractivity contribution is -0.137. The van der Waals surface area contributed by atoms with E-state index >= 15 is 0 Å². The van der Waals surface area contributed by atoms with E-state index in [1.165, 1.54) is 134 Å². The first-order chi connectivity index (χ1) is 29.8. The third-order valence-corrected chi connectivity index (χ3v) is 12.3. The van der Waals surface area contributed by atoms with Crippen LogP contribution in [0, 0.1) is 0 Å². The number of phenolic OH excluding ortho intramolecular Hbond substituents is 2. The number of unbranched alkanes of at least 4 members (excludes halogenated alkanes) is 24. The van der Waals surface area contributed by atoms with Gasteiger partial charge >= 0.3 is 17.9 Å². The van der Waals surface area contributed by atoms with E-state index in [9.17, 15) is 24.6 Å². The standard InChI is InChI=1S/C52H72O9/c1-3-5-7-9-11-13-15-17-19-21-23-25-27-33-46(55)59-49-43(54)38-45-48(50(49)60-47(56)34-28-26-24-22-20-18-16-14-12-10-8-6-4-2)52(42-36-35-39(53)37-44(42)58-45)41-32-30-29-31-40(41)51(57)61-52/h29-32,35-38,53-54H,3-28,33-34H2,1-2H3. The van der Waals surface area contributed by atoms with Crippen molar-refractivity contribution < 1.29 is 43.5 Å². The van der Waals surface area contributed by atoms with E-state index in [1.54, 1.807) is 30.3 Å². The molecule has 1 unspecified atom stereocenters. The van der Waals surface area contributed by atoms with Gasteiger partial charge in [-0.05, 0) is 31.0 Å². The molecule has 5 rings (SSSR count). The Labute approximate surface area is 364 Å². The van der Waals surface area contributed by atoms with Gasteiger partial charge in [-0.15, -0.1) is 0 Å². The van der Waals surface area contributed by atoms with Crippen LogP contribution in [0.3, 0.4) is 0 Å². The van der Waals surface area contributed by atoms with Crippen molar-refractivity contribution in [3.05, 3.63) is 70.8 Å². The molecule has 0 saturated heterocycles. The third kappa shape index (κ3) is 13.5. The van der Waals surface area contributed by atoms with Crippen molar-refractivity contribution in [2.24, 2.45) is 0 Å². The average Bonchev–Trinajstić information content (AvgIpc) is 3.53. The number of ether oxygens (including phenoxy) is 4. The van der Waals surface area contributed by atoms with Crippen molar-refractivity contribution in [1.29, 1.82) is 0 Å². The van der Waals surface area contributed by atoms with Crippen LogP contribution in [0.5, 0.6) is 34.5 Å². The molecule has 0 aromatic heterocycles. The lowest BCUT2D eigenvalue weighted by Crippen LogP contribution is -2.34. The number of carbonyl (C=O) groups excluding carboxylic acids is 3. The van der Waals surface area contributed by atoms with Crippen LogP contribution < -0.4 is 14.2 Å². The summed E-state index contributed by atoms with van der Waals surface area (Å²) < 4.78 is 24.6. The van der Waals surface area contributed by atoms with Crippen molar-refractivity contribution >= 4 is 17.9 Å². The molecule has 0 aliphatic carbocycles. The summed E-state index contributed by atoms with van der Waals surface area (Å²) in [7, 11) is 0. The summed E-state index contributed by atoms with van der Waals surface area (Å²) in [5, 5.41) is 21.9. The topological polar surface area (TPSA) is 129 Å². The quantitative estimate of drug-likeness (QED) is 0.0383. The Morgan fingerprint density at radius 3 is 1.51 bits per heavy atom. The molecule has 0 saturated carbocycles. The van der Waals surface area contributed by atoms with Gasteiger partial charge in [0.2, 0.25) is 5.75 Å². The molecule has 9 heteroatoms. The van der Waals surface area contributed by atoms with Gasteiger partial charge in [0, 0.05) is 36.1 Å². The number of esters is 3. The number of rotatable bonds is 30. The molecule has 3 aromatic carbocycles. The number of hydrogen-bond acceptors (Lipinski definition) is 9. The van der Waals surface area contributed by atoms with E-state index in [0.717, 1.165) is 38.5 Å². The summed E-state index contributed by atoms with van der Waals surface area (Å²) >= 11 is 0. The minimum absolute atomic E-state index is 0.0279. The number of fused-ring (bicyclic) bond motifs is 6. The normalized spacial score (nSPS) is 14.9. The number of phenols is 2. The summed E-state index contributed by atoms with van der Waals surface area (Å²) in [6.45, 7) is 4.49. The monoisotopic (exact) mass is 841 g/mol. The predicted molar refractivity (Wildman–Crippen MR) is 240 cm³/mol. The Balaban J connectivity index is 1.25. The molecule has 61 heavy (non-hydrogen) atoms. The van der Waals surface area contributed by atoms with Crippen LogP contribution in [-0.4, -0.2) is 28.1 Å². The summed E-state index contributed by atoms with van der Waals surface area (Å²) in [6.07, 6.45) is 30.7. The molecule has 0 amide bonds. The van der Waals surface area contributed by atoms with E-state index in [1.807, 2.05) is 0 Å². The summed E-state index contributed by atoms with van der Waals surface area (Å²) in [5.41, 5.74) is -0.462. The Hall–Kier alpha value is -4.53. The first-order valence-electron chi connectivity index (χ1n) is 24.0. The molecule has 0 radical (unpaired) electrons. The average molecular weight is 841 g/mol.